The number of halogens is 4. The quantitative estimate of drug-likeness (QED) is 0.334. The number of pyridine rings is 1. The Morgan fingerprint density at radius 1 is 1.28 bits per heavy atom. The number of hydrogen-bond acceptors (Lipinski definition) is 4. The van der Waals surface area contributed by atoms with Gasteiger partial charge < -0.3 is 19.9 Å². The van der Waals surface area contributed by atoms with E-state index in [1.165, 1.54) is 6.07 Å². The van der Waals surface area contributed by atoms with Crippen molar-refractivity contribution in [3.63, 3.8) is 0 Å². The van der Waals surface area contributed by atoms with E-state index in [4.69, 9.17) is 9.73 Å². The van der Waals surface area contributed by atoms with Gasteiger partial charge in [-0.2, -0.15) is 13.2 Å². The molecule has 1 atom stereocenters. The summed E-state index contributed by atoms with van der Waals surface area (Å²) in [5, 5.41) is 3.29. The molecule has 1 aromatic carbocycles. The summed E-state index contributed by atoms with van der Waals surface area (Å²) in [6.07, 6.45) is -3.10. The lowest BCUT2D eigenvalue weighted by molar-refractivity contribution is -0.137. The van der Waals surface area contributed by atoms with Gasteiger partial charge in [0.05, 0.1) is 25.3 Å². The Hall–Kier alpha value is -2.08. The molecular formula is C22H29F3IN5O. The Bertz CT molecular complexity index is 907. The number of ether oxygens (including phenoxy) is 1. The van der Waals surface area contributed by atoms with Crippen molar-refractivity contribution in [2.75, 3.05) is 45.2 Å². The summed E-state index contributed by atoms with van der Waals surface area (Å²) in [5.41, 5.74) is 0.835. The molecule has 6 nitrogen and oxygen atoms in total. The molecule has 1 aliphatic heterocycles. The number of aromatic nitrogens is 1. The minimum absolute atomic E-state index is 0. The van der Waals surface area contributed by atoms with Crippen molar-refractivity contribution in [1.29, 1.82) is 0 Å². The average molecular weight is 563 g/mol. The van der Waals surface area contributed by atoms with Crippen LogP contribution in [0.5, 0.6) is 0 Å². The van der Waals surface area contributed by atoms with Crippen molar-refractivity contribution in [2.24, 2.45) is 4.99 Å². The van der Waals surface area contributed by atoms with E-state index >= 15 is 0 Å². The van der Waals surface area contributed by atoms with Crippen LogP contribution in [0.4, 0.5) is 19.0 Å². The number of guanidine groups is 1. The summed E-state index contributed by atoms with van der Waals surface area (Å²) in [6, 6.07) is 9.20. The number of alkyl halides is 3. The van der Waals surface area contributed by atoms with Gasteiger partial charge in [0.1, 0.15) is 11.9 Å². The Balaban J connectivity index is 0.00000363. The van der Waals surface area contributed by atoms with Crippen molar-refractivity contribution in [2.45, 2.75) is 25.7 Å². The Labute approximate surface area is 203 Å². The van der Waals surface area contributed by atoms with Gasteiger partial charge in [-0.25, -0.2) is 9.98 Å². The lowest BCUT2D eigenvalue weighted by atomic mass is 10.0. The zero-order chi connectivity index (χ0) is 22.4. The molecule has 2 aromatic rings. The third kappa shape index (κ3) is 6.71. The van der Waals surface area contributed by atoms with Crippen molar-refractivity contribution in [3.8, 4) is 0 Å². The molecule has 10 heteroatoms. The molecule has 1 saturated heterocycles. The van der Waals surface area contributed by atoms with Crippen LogP contribution in [0.1, 0.15) is 29.7 Å². The predicted octanol–water partition coefficient (Wildman–Crippen LogP) is 4.32. The molecule has 2 heterocycles. The molecule has 176 valence electrons. The third-order valence-electron chi connectivity index (χ3n) is 4.98. The lowest BCUT2D eigenvalue weighted by Gasteiger charge is -2.35. The maximum absolute atomic E-state index is 13.1. The van der Waals surface area contributed by atoms with Crippen LogP contribution in [0.25, 0.3) is 0 Å². The van der Waals surface area contributed by atoms with Crippen LogP contribution in [0.2, 0.25) is 0 Å². The lowest BCUT2D eigenvalue weighted by Crippen LogP contribution is -2.48. The molecule has 1 N–H and O–H groups in total. The molecule has 0 spiro atoms. The predicted molar refractivity (Wildman–Crippen MR) is 131 cm³/mol. The van der Waals surface area contributed by atoms with Crippen LogP contribution in [-0.4, -0.2) is 56.2 Å². The van der Waals surface area contributed by atoms with E-state index in [2.05, 4.69) is 10.3 Å². The zero-order valence-corrected chi connectivity index (χ0v) is 20.7. The number of hydrogen-bond donors (Lipinski definition) is 1. The van der Waals surface area contributed by atoms with Gasteiger partial charge in [0.25, 0.3) is 0 Å². The molecular weight excluding hydrogens is 534 g/mol. The van der Waals surface area contributed by atoms with E-state index in [1.807, 2.05) is 43.0 Å². The number of aliphatic imine (C=N–C) groups is 1. The fourth-order valence-corrected chi connectivity index (χ4v) is 3.50. The minimum Gasteiger partial charge on any atom is -0.370 e. The minimum atomic E-state index is -4.38. The summed E-state index contributed by atoms with van der Waals surface area (Å²) >= 11 is 0. The van der Waals surface area contributed by atoms with Crippen LogP contribution in [0, 0.1) is 0 Å². The molecule has 32 heavy (non-hydrogen) atoms. The topological polar surface area (TPSA) is 53.0 Å². The largest absolute Gasteiger partial charge is 0.416 e. The first-order valence-electron chi connectivity index (χ1n) is 10.2. The highest BCUT2D eigenvalue weighted by atomic mass is 127. The molecule has 1 aromatic heterocycles. The van der Waals surface area contributed by atoms with E-state index in [-0.39, 0.29) is 24.0 Å². The molecule has 0 saturated carbocycles. The van der Waals surface area contributed by atoms with Gasteiger partial charge in [-0.3, -0.25) is 0 Å². The van der Waals surface area contributed by atoms with Crippen molar-refractivity contribution < 1.29 is 17.9 Å². The second-order valence-electron chi connectivity index (χ2n) is 7.48. The molecule has 0 bridgehead atoms. The van der Waals surface area contributed by atoms with Gasteiger partial charge in [-0.15, -0.1) is 24.0 Å². The van der Waals surface area contributed by atoms with Crippen molar-refractivity contribution in [1.82, 2.24) is 15.2 Å². The average Bonchev–Trinajstić information content (AvgIpc) is 2.76. The summed E-state index contributed by atoms with van der Waals surface area (Å²) in [7, 11) is 3.87. The summed E-state index contributed by atoms with van der Waals surface area (Å²) < 4.78 is 45.1. The Morgan fingerprint density at radius 3 is 2.75 bits per heavy atom. The molecule has 1 unspecified atom stereocenters. The van der Waals surface area contributed by atoms with E-state index in [1.54, 1.807) is 12.3 Å². The summed E-state index contributed by atoms with van der Waals surface area (Å²) in [5.74, 6) is 1.56. The van der Waals surface area contributed by atoms with Crippen LogP contribution in [0.3, 0.4) is 0 Å². The number of benzene rings is 1. The standard InChI is InChI=1S/C22H28F3N5O.HI/c1-4-26-21(28-14-17-8-6-10-27-20(17)29(2)3)30-11-12-31-19(15-30)16-7-5-9-18(13-16)22(23,24)25;/h5-10,13,19H,4,11-12,14-15H2,1-3H3,(H,26,28);1H. The third-order valence-corrected chi connectivity index (χ3v) is 4.98. The van der Waals surface area contributed by atoms with Gasteiger partial charge in [0.2, 0.25) is 0 Å². The van der Waals surface area contributed by atoms with Gasteiger partial charge in [-0.1, -0.05) is 18.2 Å². The maximum atomic E-state index is 13.1. The molecule has 0 aliphatic carbocycles. The molecule has 0 amide bonds. The highest BCUT2D eigenvalue weighted by Crippen LogP contribution is 2.32. The van der Waals surface area contributed by atoms with Crippen LogP contribution < -0.4 is 10.2 Å². The van der Waals surface area contributed by atoms with Gasteiger partial charge in [-0.05, 0) is 30.7 Å². The normalized spacial score (nSPS) is 17.0. The zero-order valence-electron chi connectivity index (χ0n) is 18.4. The number of nitrogens with zero attached hydrogens (tertiary/aromatic N) is 4. The highest BCUT2D eigenvalue weighted by molar-refractivity contribution is 14.0. The van der Waals surface area contributed by atoms with E-state index in [0.29, 0.717) is 44.3 Å². The smallest absolute Gasteiger partial charge is 0.370 e. The first-order valence-corrected chi connectivity index (χ1v) is 10.2. The SMILES string of the molecule is CCNC(=NCc1cccnc1N(C)C)N1CCOC(c2cccc(C(F)(F)F)c2)C1.I. The first-order chi connectivity index (χ1) is 14.8. The highest BCUT2D eigenvalue weighted by Gasteiger charge is 2.32. The number of nitrogens with one attached hydrogen (secondary N) is 1. The molecule has 3 rings (SSSR count). The number of morpholine rings is 1. The van der Waals surface area contributed by atoms with Crippen molar-refractivity contribution >= 4 is 35.8 Å². The fourth-order valence-electron chi connectivity index (χ4n) is 3.50. The maximum Gasteiger partial charge on any atom is 0.416 e. The second-order valence-corrected chi connectivity index (χ2v) is 7.48. The van der Waals surface area contributed by atoms with Crippen LogP contribution in [0.15, 0.2) is 47.6 Å². The molecule has 1 fully saturated rings. The van der Waals surface area contributed by atoms with E-state index in [0.717, 1.165) is 23.5 Å². The summed E-state index contributed by atoms with van der Waals surface area (Å²) in [4.78, 5) is 13.1. The van der Waals surface area contributed by atoms with Gasteiger partial charge in [0.15, 0.2) is 5.96 Å². The van der Waals surface area contributed by atoms with Gasteiger partial charge >= 0.3 is 6.18 Å². The van der Waals surface area contributed by atoms with Crippen LogP contribution >= 0.6 is 24.0 Å². The first kappa shape index (κ1) is 26.2. The van der Waals surface area contributed by atoms with E-state index in [9.17, 15) is 13.2 Å². The molecule has 0 radical (unpaired) electrons. The van der Waals surface area contributed by atoms with Crippen molar-refractivity contribution in [3.05, 3.63) is 59.3 Å². The van der Waals surface area contributed by atoms with Gasteiger partial charge in [0, 0.05) is 38.9 Å². The summed E-state index contributed by atoms with van der Waals surface area (Å²) in [6.45, 7) is 4.53. The molecule has 1 aliphatic rings. The number of rotatable bonds is 5. The Morgan fingerprint density at radius 2 is 2.06 bits per heavy atom. The van der Waals surface area contributed by atoms with E-state index < -0.39 is 17.8 Å². The monoisotopic (exact) mass is 563 g/mol. The fraction of sp³-hybridized carbons (Fsp3) is 0.455. The second kappa shape index (κ2) is 11.7. The number of anilines is 1. The van der Waals surface area contributed by atoms with Crippen LogP contribution in [-0.2, 0) is 17.5 Å². The Kier molecular flexibility index (Phi) is 9.56.